The van der Waals surface area contributed by atoms with Crippen molar-refractivity contribution in [1.29, 1.82) is 0 Å². The van der Waals surface area contributed by atoms with Crippen LogP contribution >= 0.6 is 0 Å². The Morgan fingerprint density at radius 2 is 2.03 bits per heavy atom. The van der Waals surface area contributed by atoms with Crippen molar-refractivity contribution >= 4 is 10.9 Å². The van der Waals surface area contributed by atoms with Gasteiger partial charge in [-0.3, -0.25) is 4.79 Å². The second kappa shape index (κ2) is 8.54. The number of nitrogens with one attached hydrogen (secondary N) is 2. The molecule has 1 saturated heterocycles. The van der Waals surface area contributed by atoms with E-state index in [1.807, 2.05) is 10.7 Å². The standard InChI is InChI=1S/C24H32N6O/c1-3-17-10-11-21-18(13-17)14-20(24(31)25-21)22(29-12-6-7-16(2)15-29)23-26-27-28-30(23)19-8-4-5-9-19/h10-11,13-14,16,19,22H,3-9,12,15H2,1-2H3,(H,25,31)/p+1/t16-,22-/m0/s1. The van der Waals surface area contributed by atoms with E-state index >= 15 is 0 Å². The van der Waals surface area contributed by atoms with Gasteiger partial charge >= 0.3 is 0 Å². The summed E-state index contributed by atoms with van der Waals surface area (Å²) in [6, 6.07) is 8.61. The number of aromatic nitrogens is 5. The normalized spacial score (nSPS) is 23.4. The van der Waals surface area contributed by atoms with E-state index in [2.05, 4.69) is 52.6 Å². The minimum atomic E-state index is -0.142. The molecule has 7 heteroatoms. The van der Waals surface area contributed by atoms with Gasteiger partial charge in [0.25, 0.3) is 5.56 Å². The molecule has 0 bridgehead atoms. The zero-order valence-corrected chi connectivity index (χ0v) is 18.6. The fraction of sp³-hybridized carbons (Fsp3) is 0.583. The van der Waals surface area contributed by atoms with Crippen LogP contribution in [-0.2, 0) is 6.42 Å². The molecule has 3 atom stereocenters. The van der Waals surface area contributed by atoms with Gasteiger partial charge in [0.05, 0.1) is 24.7 Å². The zero-order valence-electron chi connectivity index (χ0n) is 18.6. The first kappa shape index (κ1) is 20.4. The number of aryl methyl sites for hydroxylation is 1. The maximum atomic E-state index is 13.3. The highest BCUT2D eigenvalue weighted by Gasteiger charge is 2.37. The monoisotopic (exact) mass is 421 g/mol. The summed E-state index contributed by atoms with van der Waals surface area (Å²) in [6.45, 7) is 6.55. The summed E-state index contributed by atoms with van der Waals surface area (Å²) in [4.78, 5) is 17.9. The van der Waals surface area contributed by atoms with Crippen LogP contribution in [-0.4, -0.2) is 38.3 Å². The number of quaternary nitrogens is 1. The highest BCUT2D eigenvalue weighted by Crippen LogP contribution is 2.31. The SMILES string of the molecule is CCc1ccc2[nH]c(=O)c([C@@H](c3nnnn3C3CCCC3)[NH+]3CCC[C@H](C)C3)cc2c1. The van der Waals surface area contributed by atoms with E-state index in [0.717, 1.165) is 54.6 Å². The van der Waals surface area contributed by atoms with Crippen molar-refractivity contribution in [2.75, 3.05) is 13.1 Å². The van der Waals surface area contributed by atoms with E-state index in [1.165, 1.54) is 36.1 Å². The molecule has 2 fully saturated rings. The van der Waals surface area contributed by atoms with E-state index in [4.69, 9.17) is 0 Å². The van der Waals surface area contributed by atoms with Crippen LogP contribution in [0.25, 0.3) is 10.9 Å². The number of hydrogen-bond donors (Lipinski definition) is 2. The molecule has 164 valence electrons. The largest absolute Gasteiger partial charge is 0.322 e. The molecule has 3 heterocycles. The lowest BCUT2D eigenvalue weighted by atomic mass is 9.95. The smallest absolute Gasteiger partial charge is 0.258 e. The summed E-state index contributed by atoms with van der Waals surface area (Å²) in [5, 5.41) is 14.1. The molecule has 7 nitrogen and oxygen atoms in total. The third-order valence-corrected chi connectivity index (χ3v) is 7.32. The van der Waals surface area contributed by atoms with Crippen LogP contribution in [0.1, 0.15) is 81.4 Å². The molecule has 5 rings (SSSR count). The Morgan fingerprint density at radius 3 is 2.81 bits per heavy atom. The van der Waals surface area contributed by atoms with Crippen molar-refractivity contribution in [3.63, 3.8) is 0 Å². The molecule has 1 aliphatic heterocycles. The Balaban J connectivity index is 1.65. The second-order valence-electron chi connectivity index (χ2n) is 9.54. The Labute approximate surface area is 182 Å². The van der Waals surface area contributed by atoms with Crippen LogP contribution < -0.4 is 10.5 Å². The van der Waals surface area contributed by atoms with Gasteiger partial charge in [0, 0.05) is 11.4 Å². The summed E-state index contributed by atoms with van der Waals surface area (Å²) in [5.41, 5.74) is 2.94. The Morgan fingerprint density at radius 1 is 1.19 bits per heavy atom. The first-order chi connectivity index (χ1) is 15.1. The maximum Gasteiger partial charge on any atom is 0.258 e. The highest BCUT2D eigenvalue weighted by atomic mass is 16.1. The number of pyridine rings is 1. The summed E-state index contributed by atoms with van der Waals surface area (Å²) in [5.74, 6) is 1.49. The first-order valence-electron chi connectivity index (χ1n) is 11.9. The molecule has 1 aliphatic carbocycles. The van der Waals surface area contributed by atoms with E-state index in [0.29, 0.717) is 12.0 Å². The van der Waals surface area contributed by atoms with Crippen molar-refractivity contribution in [2.45, 2.75) is 70.9 Å². The van der Waals surface area contributed by atoms with Crippen molar-refractivity contribution in [3.8, 4) is 0 Å². The van der Waals surface area contributed by atoms with Crippen LogP contribution in [0.2, 0.25) is 0 Å². The van der Waals surface area contributed by atoms with E-state index < -0.39 is 0 Å². The number of fused-ring (bicyclic) bond motifs is 1. The van der Waals surface area contributed by atoms with Gasteiger partial charge in [-0.15, -0.1) is 5.10 Å². The zero-order chi connectivity index (χ0) is 21.4. The molecule has 1 saturated carbocycles. The number of rotatable bonds is 5. The number of tetrazole rings is 1. The van der Waals surface area contributed by atoms with Crippen molar-refractivity contribution < 1.29 is 4.90 Å². The van der Waals surface area contributed by atoms with Gasteiger partial charge in [-0.1, -0.05) is 32.8 Å². The molecule has 0 radical (unpaired) electrons. The summed E-state index contributed by atoms with van der Waals surface area (Å²) < 4.78 is 2.04. The summed E-state index contributed by atoms with van der Waals surface area (Å²) >= 11 is 0. The number of nitrogens with zero attached hydrogens (tertiary/aromatic N) is 4. The first-order valence-corrected chi connectivity index (χ1v) is 11.9. The number of aromatic amines is 1. The minimum absolute atomic E-state index is 0.0200. The van der Waals surface area contributed by atoms with Crippen LogP contribution in [0.15, 0.2) is 29.1 Å². The quantitative estimate of drug-likeness (QED) is 0.664. The van der Waals surface area contributed by atoms with Crippen LogP contribution in [0, 0.1) is 5.92 Å². The van der Waals surface area contributed by atoms with Gasteiger partial charge in [0.15, 0.2) is 6.04 Å². The molecule has 2 aliphatic rings. The minimum Gasteiger partial charge on any atom is -0.322 e. The average molecular weight is 422 g/mol. The van der Waals surface area contributed by atoms with Crippen LogP contribution in [0.5, 0.6) is 0 Å². The Bertz CT molecular complexity index is 1110. The number of benzene rings is 1. The van der Waals surface area contributed by atoms with Crippen molar-refractivity contribution in [3.05, 3.63) is 51.6 Å². The number of likely N-dealkylation sites (tertiary alicyclic amines) is 1. The molecule has 2 aromatic heterocycles. The summed E-state index contributed by atoms with van der Waals surface area (Å²) in [7, 11) is 0. The van der Waals surface area contributed by atoms with Crippen molar-refractivity contribution in [2.24, 2.45) is 5.92 Å². The lowest BCUT2D eigenvalue weighted by Crippen LogP contribution is -3.14. The molecule has 0 spiro atoms. The van der Waals surface area contributed by atoms with Gasteiger partial charge in [-0.2, -0.15) is 0 Å². The maximum absolute atomic E-state index is 13.3. The highest BCUT2D eigenvalue weighted by molar-refractivity contribution is 5.79. The van der Waals surface area contributed by atoms with Gasteiger partial charge in [0.1, 0.15) is 0 Å². The van der Waals surface area contributed by atoms with E-state index in [1.54, 1.807) is 0 Å². The van der Waals surface area contributed by atoms with E-state index in [9.17, 15) is 4.79 Å². The van der Waals surface area contributed by atoms with Crippen molar-refractivity contribution in [1.82, 2.24) is 25.2 Å². The van der Waals surface area contributed by atoms with Gasteiger partial charge in [-0.25, -0.2) is 4.68 Å². The average Bonchev–Trinajstić information content (AvgIpc) is 3.46. The topological polar surface area (TPSA) is 80.9 Å². The molecule has 3 aromatic rings. The summed E-state index contributed by atoms with van der Waals surface area (Å²) in [6.07, 6.45) is 8.07. The Kier molecular flexibility index (Phi) is 5.61. The number of piperidine rings is 1. The molecule has 1 aromatic carbocycles. The lowest BCUT2D eigenvalue weighted by Gasteiger charge is -2.33. The number of hydrogen-bond acceptors (Lipinski definition) is 4. The third kappa shape index (κ3) is 3.91. The van der Waals surface area contributed by atoms with Gasteiger partial charge in [0.2, 0.25) is 5.82 Å². The van der Waals surface area contributed by atoms with Gasteiger partial charge < -0.3 is 9.88 Å². The molecule has 31 heavy (non-hydrogen) atoms. The molecule has 0 amide bonds. The third-order valence-electron chi connectivity index (χ3n) is 7.32. The van der Waals surface area contributed by atoms with E-state index in [-0.39, 0.29) is 11.6 Å². The molecule has 1 unspecified atom stereocenters. The molecular weight excluding hydrogens is 388 g/mol. The lowest BCUT2D eigenvalue weighted by molar-refractivity contribution is -0.934. The predicted molar refractivity (Wildman–Crippen MR) is 120 cm³/mol. The second-order valence-corrected chi connectivity index (χ2v) is 9.54. The fourth-order valence-electron chi connectivity index (χ4n) is 5.64. The Hall–Kier alpha value is -2.54. The number of H-pyrrole nitrogens is 1. The molecule has 2 N–H and O–H groups in total. The van der Waals surface area contributed by atoms with Crippen LogP contribution in [0.3, 0.4) is 0 Å². The predicted octanol–water partition coefficient (Wildman–Crippen LogP) is 2.60. The van der Waals surface area contributed by atoms with Gasteiger partial charge in [-0.05, 0) is 71.7 Å². The fourth-order valence-corrected chi connectivity index (χ4v) is 5.64. The van der Waals surface area contributed by atoms with Crippen LogP contribution in [0.4, 0.5) is 0 Å². The molecular formula is C24H33N6O+.